The fourth-order valence-electron chi connectivity index (χ4n) is 1.95. The third kappa shape index (κ3) is 5.74. The molecule has 0 fully saturated rings. The zero-order valence-electron chi connectivity index (χ0n) is 11.8. The number of carboxylic acid groups (broad SMARTS) is 1. The Balaban J connectivity index is 2.59. The van der Waals surface area contributed by atoms with Crippen LogP contribution in [0.3, 0.4) is 0 Å². The Labute approximate surface area is 127 Å². The molecule has 1 aromatic rings. The molecule has 0 heterocycles. The van der Waals surface area contributed by atoms with Crippen LogP contribution in [-0.4, -0.2) is 34.5 Å². The number of carbonyl (C=O) groups is 2. The lowest BCUT2D eigenvalue weighted by atomic mass is 10.1. The minimum absolute atomic E-state index is 0.0349. The molecule has 0 atom stereocenters. The molecule has 20 heavy (non-hydrogen) atoms. The van der Waals surface area contributed by atoms with E-state index in [1.807, 2.05) is 38.1 Å². The summed E-state index contributed by atoms with van der Waals surface area (Å²) in [6.45, 7) is 4.37. The minimum Gasteiger partial charge on any atom is -0.481 e. The normalized spacial score (nSPS) is 10.6. The Kier molecular flexibility index (Phi) is 6.71. The van der Waals surface area contributed by atoms with E-state index in [0.29, 0.717) is 19.4 Å². The zero-order chi connectivity index (χ0) is 15.1. The van der Waals surface area contributed by atoms with Gasteiger partial charge in [0.05, 0.1) is 6.42 Å². The van der Waals surface area contributed by atoms with Gasteiger partial charge in [0.25, 0.3) is 0 Å². The van der Waals surface area contributed by atoms with Gasteiger partial charge >= 0.3 is 5.97 Å². The number of nitrogens with zero attached hydrogens (tertiary/aromatic N) is 1. The quantitative estimate of drug-likeness (QED) is 0.828. The maximum Gasteiger partial charge on any atom is 0.303 e. The molecule has 0 spiro atoms. The lowest BCUT2D eigenvalue weighted by molar-refractivity contribution is -0.138. The lowest BCUT2D eigenvalue weighted by Gasteiger charge is -2.26. The van der Waals surface area contributed by atoms with Crippen molar-refractivity contribution in [2.75, 3.05) is 6.54 Å². The molecule has 110 valence electrons. The second-order valence-electron chi connectivity index (χ2n) is 4.98. The van der Waals surface area contributed by atoms with Gasteiger partial charge in [-0.3, -0.25) is 9.59 Å². The average molecular weight is 342 g/mol. The topological polar surface area (TPSA) is 57.6 Å². The number of carbonyl (C=O) groups excluding carboxylic acids is 1. The predicted molar refractivity (Wildman–Crippen MR) is 81.6 cm³/mol. The number of carboxylic acids is 1. The smallest absolute Gasteiger partial charge is 0.303 e. The second-order valence-corrected chi connectivity index (χ2v) is 5.90. The van der Waals surface area contributed by atoms with E-state index in [0.717, 1.165) is 10.0 Å². The number of rotatable bonds is 7. The van der Waals surface area contributed by atoms with Crippen LogP contribution in [0.25, 0.3) is 0 Å². The molecule has 4 nitrogen and oxygen atoms in total. The first kappa shape index (κ1) is 16.7. The monoisotopic (exact) mass is 341 g/mol. The molecule has 1 N–H and O–H groups in total. The van der Waals surface area contributed by atoms with Gasteiger partial charge in [0, 0.05) is 23.5 Å². The van der Waals surface area contributed by atoms with Gasteiger partial charge in [0.15, 0.2) is 0 Å². The summed E-state index contributed by atoms with van der Waals surface area (Å²) in [5.74, 6) is -0.790. The van der Waals surface area contributed by atoms with Crippen LogP contribution in [0.2, 0.25) is 0 Å². The highest BCUT2D eigenvalue weighted by Gasteiger charge is 2.17. The van der Waals surface area contributed by atoms with Crippen LogP contribution in [-0.2, 0) is 16.0 Å². The largest absolute Gasteiger partial charge is 0.481 e. The predicted octanol–water partition coefficient (Wildman–Crippen LogP) is 3.09. The first-order valence-corrected chi connectivity index (χ1v) is 7.45. The molecule has 0 aliphatic rings. The van der Waals surface area contributed by atoms with Crippen molar-refractivity contribution in [2.24, 2.45) is 0 Å². The van der Waals surface area contributed by atoms with E-state index in [-0.39, 0.29) is 18.4 Å². The highest BCUT2D eigenvalue weighted by atomic mass is 79.9. The first-order valence-electron chi connectivity index (χ1n) is 6.66. The van der Waals surface area contributed by atoms with E-state index in [9.17, 15) is 9.59 Å². The van der Waals surface area contributed by atoms with Gasteiger partial charge < -0.3 is 10.0 Å². The van der Waals surface area contributed by atoms with E-state index in [2.05, 4.69) is 15.9 Å². The van der Waals surface area contributed by atoms with Gasteiger partial charge in [0.2, 0.25) is 5.91 Å². The second kappa shape index (κ2) is 8.04. The summed E-state index contributed by atoms with van der Waals surface area (Å²) in [6, 6.07) is 7.72. The summed E-state index contributed by atoms with van der Waals surface area (Å²) >= 11 is 3.36. The van der Waals surface area contributed by atoms with Crippen molar-refractivity contribution in [1.82, 2.24) is 4.90 Å². The molecule has 0 aromatic heterocycles. The number of hydrogen-bond donors (Lipinski definition) is 1. The summed E-state index contributed by atoms with van der Waals surface area (Å²) < 4.78 is 0.982. The maximum absolute atomic E-state index is 12.3. The number of hydrogen-bond acceptors (Lipinski definition) is 2. The van der Waals surface area contributed by atoms with E-state index in [1.54, 1.807) is 4.90 Å². The summed E-state index contributed by atoms with van der Waals surface area (Å²) in [6.07, 6.45) is 0.924. The van der Waals surface area contributed by atoms with Crippen LogP contribution >= 0.6 is 15.9 Å². The molecule has 0 unspecified atom stereocenters. The Morgan fingerprint density at radius 2 is 1.85 bits per heavy atom. The van der Waals surface area contributed by atoms with Gasteiger partial charge in [0.1, 0.15) is 0 Å². The van der Waals surface area contributed by atoms with Gasteiger partial charge in [-0.1, -0.05) is 28.1 Å². The molecule has 0 aliphatic carbocycles. The van der Waals surface area contributed by atoms with Gasteiger partial charge in [-0.25, -0.2) is 0 Å². The number of amides is 1. The van der Waals surface area contributed by atoms with Crippen molar-refractivity contribution in [3.05, 3.63) is 34.3 Å². The van der Waals surface area contributed by atoms with E-state index >= 15 is 0 Å². The first-order chi connectivity index (χ1) is 9.40. The van der Waals surface area contributed by atoms with Crippen LogP contribution in [0.4, 0.5) is 0 Å². The molecule has 0 aliphatic heterocycles. The molecule has 1 rings (SSSR count). The van der Waals surface area contributed by atoms with Crippen LogP contribution < -0.4 is 0 Å². The summed E-state index contributed by atoms with van der Waals surface area (Å²) in [5, 5.41) is 8.66. The van der Waals surface area contributed by atoms with Crippen molar-refractivity contribution in [3.8, 4) is 0 Å². The number of benzene rings is 1. The van der Waals surface area contributed by atoms with Crippen molar-refractivity contribution in [1.29, 1.82) is 0 Å². The standard InChI is InChI=1S/C15H20BrNO3/c1-11(2)17(9-3-4-15(19)20)14(18)10-12-5-7-13(16)8-6-12/h5-8,11H,3-4,9-10H2,1-2H3,(H,19,20). The summed E-state index contributed by atoms with van der Waals surface area (Å²) in [7, 11) is 0. The third-order valence-electron chi connectivity index (χ3n) is 3.00. The van der Waals surface area contributed by atoms with Gasteiger partial charge in [-0.2, -0.15) is 0 Å². The zero-order valence-corrected chi connectivity index (χ0v) is 13.4. The molecular weight excluding hydrogens is 322 g/mol. The Bertz CT molecular complexity index is 457. The Morgan fingerprint density at radius 1 is 1.25 bits per heavy atom. The summed E-state index contributed by atoms with van der Waals surface area (Å²) in [4.78, 5) is 24.6. The van der Waals surface area contributed by atoms with Crippen molar-refractivity contribution in [3.63, 3.8) is 0 Å². The van der Waals surface area contributed by atoms with Gasteiger partial charge in [-0.05, 0) is 38.0 Å². The highest BCUT2D eigenvalue weighted by Crippen LogP contribution is 2.13. The SMILES string of the molecule is CC(C)N(CCCC(=O)O)C(=O)Cc1ccc(Br)cc1. The van der Waals surface area contributed by atoms with E-state index < -0.39 is 5.97 Å². The number of halogens is 1. The lowest BCUT2D eigenvalue weighted by Crippen LogP contribution is -2.38. The van der Waals surface area contributed by atoms with Crippen LogP contribution in [0.15, 0.2) is 28.7 Å². The molecule has 0 saturated heterocycles. The van der Waals surface area contributed by atoms with Crippen molar-refractivity contribution >= 4 is 27.8 Å². The molecule has 0 saturated carbocycles. The Hall–Kier alpha value is -1.36. The van der Waals surface area contributed by atoms with Crippen molar-refractivity contribution < 1.29 is 14.7 Å². The van der Waals surface area contributed by atoms with Crippen LogP contribution in [0, 0.1) is 0 Å². The maximum atomic E-state index is 12.3. The molecule has 1 aromatic carbocycles. The molecule has 1 amide bonds. The fourth-order valence-corrected chi connectivity index (χ4v) is 2.21. The van der Waals surface area contributed by atoms with Gasteiger partial charge in [-0.15, -0.1) is 0 Å². The highest BCUT2D eigenvalue weighted by molar-refractivity contribution is 9.10. The minimum atomic E-state index is -0.825. The van der Waals surface area contributed by atoms with E-state index in [4.69, 9.17) is 5.11 Å². The molecular formula is C15H20BrNO3. The molecule has 5 heteroatoms. The van der Waals surface area contributed by atoms with Crippen LogP contribution in [0.1, 0.15) is 32.3 Å². The average Bonchev–Trinajstić information content (AvgIpc) is 2.36. The fraction of sp³-hybridized carbons (Fsp3) is 0.467. The van der Waals surface area contributed by atoms with Crippen LogP contribution in [0.5, 0.6) is 0 Å². The van der Waals surface area contributed by atoms with E-state index in [1.165, 1.54) is 0 Å². The third-order valence-corrected chi connectivity index (χ3v) is 3.53. The number of aliphatic carboxylic acids is 1. The summed E-state index contributed by atoms with van der Waals surface area (Å²) in [5.41, 5.74) is 0.960. The van der Waals surface area contributed by atoms with Crippen molar-refractivity contribution in [2.45, 2.75) is 39.2 Å². The molecule has 0 bridgehead atoms. The Morgan fingerprint density at radius 3 is 2.35 bits per heavy atom. The molecule has 0 radical (unpaired) electrons.